The Morgan fingerprint density at radius 3 is 2.27 bits per heavy atom. The first kappa shape index (κ1) is 16.1. The zero-order chi connectivity index (χ0) is 16.1. The van der Waals surface area contributed by atoms with E-state index < -0.39 is 5.63 Å². The predicted molar refractivity (Wildman–Crippen MR) is 85.9 cm³/mol. The molecule has 2 rings (SSSR count). The van der Waals surface area contributed by atoms with Gasteiger partial charge in [0.25, 0.3) is 5.91 Å². The number of hydrogen-bond donors (Lipinski definition) is 0. The van der Waals surface area contributed by atoms with Crippen molar-refractivity contribution in [2.75, 3.05) is 13.1 Å². The Balaban J connectivity index is 2.51. The minimum Gasteiger partial charge on any atom is -0.338 e. The summed E-state index contributed by atoms with van der Waals surface area (Å²) in [5.41, 5.74) is 0.874. The third-order valence-corrected chi connectivity index (χ3v) is 3.51. The standard InChI is InChI=1S/C17H22N2O3/c1-4-11-19(12-5-2)16(20)14-15(18(3)22-17(14)21)13-9-7-6-8-10-13/h6-10H,4-5,11-12H2,1-3H3. The second-order valence-electron chi connectivity index (χ2n) is 5.26. The molecule has 0 saturated heterocycles. The van der Waals surface area contributed by atoms with E-state index in [0.29, 0.717) is 18.8 Å². The molecule has 0 N–H and O–H groups in total. The molecule has 5 heteroatoms. The number of carbonyl (C=O) groups excluding carboxylic acids is 1. The van der Waals surface area contributed by atoms with Gasteiger partial charge in [0.05, 0.1) is 0 Å². The third kappa shape index (κ3) is 3.13. The Bertz CT molecular complexity index is 680. The number of nitrogens with zero attached hydrogens (tertiary/aromatic N) is 2. The van der Waals surface area contributed by atoms with Crippen LogP contribution in [0.2, 0.25) is 0 Å². The van der Waals surface area contributed by atoms with Gasteiger partial charge in [-0.15, -0.1) is 0 Å². The second kappa shape index (κ2) is 7.11. The lowest BCUT2D eigenvalue weighted by Crippen LogP contribution is -2.35. The first-order valence-corrected chi connectivity index (χ1v) is 7.65. The molecule has 2 aromatic rings. The molecule has 118 valence electrons. The highest BCUT2D eigenvalue weighted by molar-refractivity contribution is 5.99. The van der Waals surface area contributed by atoms with Crippen LogP contribution in [0.4, 0.5) is 0 Å². The lowest BCUT2D eigenvalue weighted by atomic mass is 10.1. The largest absolute Gasteiger partial charge is 0.370 e. The molecule has 1 heterocycles. The SMILES string of the molecule is CCCN(CCC)C(=O)c1c(-c2ccccc2)n(C)oc1=O. The Labute approximate surface area is 130 Å². The molecule has 1 amide bonds. The molecule has 5 nitrogen and oxygen atoms in total. The molecule has 0 unspecified atom stereocenters. The van der Waals surface area contributed by atoms with E-state index in [0.717, 1.165) is 18.4 Å². The minimum atomic E-state index is -0.580. The van der Waals surface area contributed by atoms with Crippen LogP contribution in [0.1, 0.15) is 37.0 Å². The third-order valence-electron chi connectivity index (χ3n) is 3.51. The number of rotatable bonds is 6. The van der Waals surface area contributed by atoms with Crippen LogP contribution >= 0.6 is 0 Å². The van der Waals surface area contributed by atoms with Crippen LogP contribution in [0.5, 0.6) is 0 Å². The Kier molecular flexibility index (Phi) is 5.20. The molecule has 0 spiro atoms. The Morgan fingerprint density at radius 1 is 1.14 bits per heavy atom. The number of aromatic nitrogens is 1. The van der Waals surface area contributed by atoms with E-state index in [2.05, 4.69) is 0 Å². The fourth-order valence-electron chi connectivity index (χ4n) is 2.59. The van der Waals surface area contributed by atoms with E-state index in [1.54, 1.807) is 11.9 Å². The van der Waals surface area contributed by atoms with Gasteiger partial charge in [0.1, 0.15) is 5.69 Å². The number of aryl methyl sites for hydroxylation is 1. The van der Waals surface area contributed by atoms with Crippen LogP contribution in [-0.2, 0) is 7.05 Å². The molecule has 0 radical (unpaired) electrons. The van der Waals surface area contributed by atoms with Gasteiger partial charge in [-0.3, -0.25) is 4.79 Å². The zero-order valence-electron chi connectivity index (χ0n) is 13.3. The summed E-state index contributed by atoms with van der Waals surface area (Å²) >= 11 is 0. The van der Waals surface area contributed by atoms with Gasteiger partial charge in [-0.2, -0.15) is 0 Å². The minimum absolute atomic E-state index is 0.121. The summed E-state index contributed by atoms with van der Waals surface area (Å²) in [5.74, 6) is -0.253. The highest BCUT2D eigenvalue weighted by Crippen LogP contribution is 2.22. The molecular formula is C17H22N2O3. The van der Waals surface area contributed by atoms with E-state index in [9.17, 15) is 9.59 Å². The first-order valence-electron chi connectivity index (χ1n) is 7.65. The van der Waals surface area contributed by atoms with Crippen LogP contribution in [-0.4, -0.2) is 28.6 Å². The van der Waals surface area contributed by atoms with Gasteiger partial charge in [0.15, 0.2) is 5.56 Å². The molecule has 0 aliphatic heterocycles. The molecule has 22 heavy (non-hydrogen) atoms. The number of carbonyl (C=O) groups is 1. The average Bonchev–Trinajstić information content (AvgIpc) is 2.81. The quantitative estimate of drug-likeness (QED) is 0.824. The summed E-state index contributed by atoms with van der Waals surface area (Å²) in [5, 5.41) is 0. The lowest BCUT2D eigenvalue weighted by Gasteiger charge is -2.20. The van der Waals surface area contributed by atoms with Gasteiger partial charge in [-0.1, -0.05) is 44.2 Å². The van der Waals surface area contributed by atoms with Crippen molar-refractivity contribution in [1.29, 1.82) is 0 Å². The first-order chi connectivity index (χ1) is 10.6. The van der Waals surface area contributed by atoms with Crippen molar-refractivity contribution in [2.24, 2.45) is 7.05 Å². The van der Waals surface area contributed by atoms with Crippen LogP contribution in [0, 0.1) is 0 Å². The van der Waals surface area contributed by atoms with Crippen LogP contribution in [0.25, 0.3) is 11.3 Å². The molecule has 1 aromatic heterocycles. The molecule has 0 saturated carbocycles. The van der Waals surface area contributed by atoms with Crippen molar-refractivity contribution in [1.82, 2.24) is 9.64 Å². The predicted octanol–water partition coefficient (Wildman–Crippen LogP) is 2.91. The van der Waals surface area contributed by atoms with Gasteiger partial charge in [0.2, 0.25) is 0 Å². The maximum atomic E-state index is 12.8. The molecular weight excluding hydrogens is 280 g/mol. The normalized spacial score (nSPS) is 10.7. The highest BCUT2D eigenvalue weighted by Gasteiger charge is 2.27. The summed E-state index contributed by atoms with van der Waals surface area (Å²) in [6.07, 6.45) is 1.70. The van der Waals surface area contributed by atoms with E-state index in [1.807, 2.05) is 44.2 Å². The summed E-state index contributed by atoms with van der Waals surface area (Å²) in [6, 6.07) is 9.37. The summed E-state index contributed by atoms with van der Waals surface area (Å²) in [6.45, 7) is 5.30. The van der Waals surface area contributed by atoms with E-state index >= 15 is 0 Å². The monoisotopic (exact) mass is 302 g/mol. The van der Waals surface area contributed by atoms with Crippen molar-refractivity contribution in [3.05, 3.63) is 46.3 Å². The van der Waals surface area contributed by atoms with Crippen LogP contribution in [0.15, 0.2) is 39.6 Å². The topological polar surface area (TPSA) is 55.5 Å². The van der Waals surface area contributed by atoms with E-state index in [-0.39, 0.29) is 11.5 Å². The van der Waals surface area contributed by atoms with E-state index in [1.165, 1.54) is 4.74 Å². The maximum absolute atomic E-state index is 12.8. The summed E-state index contributed by atoms with van der Waals surface area (Å²) in [4.78, 5) is 26.7. The lowest BCUT2D eigenvalue weighted by molar-refractivity contribution is 0.0753. The van der Waals surface area contributed by atoms with Gasteiger partial charge in [-0.05, 0) is 12.8 Å². The molecule has 0 aliphatic carbocycles. The molecule has 0 bridgehead atoms. The van der Waals surface area contributed by atoms with Gasteiger partial charge in [0, 0.05) is 25.7 Å². The fraction of sp³-hybridized carbons (Fsp3) is 0.412. The van der Waals surface area contributed by atoms with Gasteiger partial charge >= 0.3 is 5.63 Å². The van der Waals surface area contributed by atoms with Crippen molar-refractivity contribution < 1.29 is 9.32 Å². The molecule has 0 fully saturated rings. The number of amides is 1. The van der Waals surface area contributed by atoms with Crippen molar-refractivity contribution in [3.8, 4) is 11.3 Å². The average molecular weight is 302 g/mol. The highest BCUT2D eigenvalue weighted by atomic mass is 16.5. The molecule has 0 atom stereocenters. The van der Waals surface area contributed by atoms with Crippen LogP contribution in [0.3, 0.4) is 0 Å². The van der Waals surface area contributed by atoms with Crippen molar-refractivity contribution >= 4 is 5.91 Å². The molecule has 0 aliphatic rings. The maximum Gasteiger partial charge on any atom is 0.370 e. The number of benzene rings is 1. The van der Waals surface area contributed by atoms with E-state index in [4.69, 9.17) is 4.52 Å². The zero-order valence-corrected chi connectivity index (χ0v) is 13.3. The van der Waals surface area contributed by atoms with Crippen molar-refractivity contribution in [3.63, 3.8) is 0 Å². The number of hydrogen-bond acceptors (Lipinski definition) is 3. The van der Waals surface area contributed by atoms with Gasteiger partial charge < -0.3 is 9.42 Å². The van der Waals surface area contributed by atoms with Gasteiger partial charge in [-0.25, -0.2) is 9.53 Å². The molecule has 1 aromatic carbocycles. The Morgan fingerprint density at radius 2 is 1.73 bits per heavy atom. The van der Waals surface area contributed by atoms with Crippen LogP contribution < -0.4 is 5.63 Å². The van der Waals surface area contributed by atoms with Crippen molar-refractivity contribution in [2.45, 2.75) is 26.7 Å². The second-order valence-corrected chi connectivity index (χ2v) is 5.26. The summed E-state index contributed by atoms with van der Waals surface area (Å²) < 4.78 is 6.52. The smallest absolute Gasteiger partial charge is 0.338 e. The Hall–Kier alpha value is -2.30. The fourth-order valence-corrected chi connectivity index (χ4v) is 2.59. The summed E-state index contributed by atoms with van der Waals surface area (Å²) in [7, 11) is 1.64.